The minimum Gasteiger partial charge on any atom is -1.00 e. The lowest BCUT2D eigenvalue weighted by Crippen LogP contribution is -3.00. The molecule has 3 rings (SSSR count). The van der Waals surface area contributed by atoms with E-state index in [-0.39, 0.29) is 29.3 Å². The van der Waals surface area contributed by atoms with Gasteiger partial charge in [-0.1, -0.05) is 119 Å². The van der Waals surface area contributed by atoms with E-state index in [9.17, 15) is 4.79 Å². The third kappa shape index (κ3) is 13.2. The van der Waals surface area contributed by atoms with E-state index < -0.39 is 0 Å². The summed E-state index contributed by atoms with van der Waals surface area (Å²) in [6.07, 6.45) is 16.2. The molecule has 0 saturated heterocycles. The van der Waals surface area contributed by atoms with E-state index >= 15 is 0 Å². The number of amides is 1. The normalized spacial score (nSPS) is 10.8. The summed E-state index contributed by atoms with van der Waals surface area (Å²) in [4.78, 5) is 12.7. The van der Waals surface area contributed by atoms with E-state index in [4.69, 9.17) is 16.3 Å². The smallest absolute Gasteiger partial charge is 0.228 e. The Balaban J connectivity index is 0.00000560. The molecule has 1 heterocycles. The summed E-state index contributed by atoms with van der Waals surface area (Å²) < 4.78 is 8.11. The average Bonchev–Trinajstić information content (AvgIpc) is 3.32. The van der Waals surface area contributed by atoms with Gasteiger partial charge in [0.25, 0.3) is 0 Å². The maximum atomic E-state index is 12.7. The number of aromatic nitrogens is 1. The first kappa shape index (κ1) is 34.3. The molecule has 0 aliphatic carbocycles. The maximum absolute atomic E-state index is 12.7. The molecule has 3 aromatic rings. The highest BCUT2D eigenvalue weighted by Gasteiger charge is 2.11. The van der Waals surface area contributed by atoms with Crippen molar-refractivity contribution in [1.29, 1.82) is 0 Å². The van der Waals surface area contributed by atoms with Crippen molar-refractivity contribution in [3.63, 3.8) is 0 Å². The second kappa shape index (κ2) is 20.1. The van der Waals surface area contributed by atoms with E-state index in [0.717, 1.165) is 35.5 Å². The van der Waals surface area contributed by atoms with Gasteiger partial charge in [0.15, 0.2) is 12.2 Å². The first-order chi connectivity index (χ1) is 19.0. The number of halogens is 2. The number of carbonyl (C=O) groups excluding carboxylic acids is 1. The van der Waals surface area contributed by atoms with Crippen molar-refractivity contribution in [3.8, 4) is 5.75 Å². The zero-order chi connectivity index (χ0) is 27.7. The highest BCUT2D eigenvalue weighted by molar-refractivity contribution is 7.07. The fourth-order valence-electron chi connectivity index (χ4n) is 4.73. The summed E-state index contributed by atoms with van der Waals surface area (Å²) in [5.74, 6) is 0.680. The first-order valence-electron chi connectivity index (χ1n) is 14.8. The summed E-state index contributed by atoms with van der Waals surface area (Å²) >= 11 is 8.18. The summed E-state index contributed by atoms with van der Waals surface area (Å²) in [6, 6.07) is 13.6. The Bertz CT molecular complexity index is 1140. The zero-order valence-electron chi connectivity index (χ0n) is 24.2. The van der Waals surface area contributed by atoms with E-state index in [1.165, 1.54) is 76.3 Å². The van der Waals surface area contributed by atoms with Gasteiger partial charge < -0.3 is 27.0 Å². The Kier molecular flexibility index (Phi) is 17.2. The third-order valence-electron chi connectivity index (χ3n) is 7.09. The van der Waals surface area contributed by atoms with Gasteiger partial charge in [-0.25, -0.2) is 0 Å². The topological polar surface area (TPSA) is 42.2 Å². The molecule has 220 valence electrons. The van der Waals surface area contributed by atoms with Crippen LogP contribution in [0.1, 0.15) is 101 Å². The van der Waals surface area contributed by atoms with Crippen LogP contribution in [0.4, 0.5) is 5.69 Å². The van der Waals surface area contributed by atoms with Crippen molar-refractivity contribution in [1.82, 2.24) is 0 Å². The number of rotatable bonds is 19. The quantitative estimate of drug-likeness (QED) is 0.122. The fraction of sp³-hybridized carbons (Fsp3) is 0.515. The number of unbranched alkanes of at least 4 members (excludes halogenated alkanes) is 11. The van der Waals surface area contributed by atoms with Crippen LogP contribution in [-0.2, 0) is 17.8 Å². The molecular formula is C33H46BrClN2O2S. The molecule has 0 unspecified atom stereocenters. The number of nitrogens with zero attached hydrogens (tertiary/aromatic N) is 1. The number of aryl methyl sites for hydroxylation is 1. The number of carbonyl (C=O) groups is 1. The molecule has 40 heavy (non-hydrogen) atoms. The van der Waals surface area contributed by atoms with Crippen LogP contribution in [0.3, 0.4) is 0 Å². The van der Waals surface area contributed by atoms with Gasteiger partial charge in [0.05, 0.1) is 18.4 Å². The van der Waals surface area contributed by atoms with Crippen molar-refractivity contribution in [2.45, 2.75) is 104 Å². The number of anilines is 1. The predicted molar refractivity (Wildman–Crippen MR) is 165 cm³/mol. The first-order valence-corrected chi connectivity index (χ1v) is 16.1. The van der Waals surface area contributed by atoms with Gasteiger partial charge in [0.1, 0.15) is 5.75 Å². The lowest BCUT2D eigenvalue weighted by atomic mass is 10.1. The van der Waals surface area contributed by atoms with Crippen LogP contribution in [0, 0.1) is 6.92 Å². The molecule has 0 saturated carbocycles. The molecule has 7 heteroatoms. The number of nitrogens with one attached hydrogen (secondary N) is 1. The molecular weight excluding hydrogens is 604 g/mol. The second-order valence-corrected chi connectivity index (χ2v) is 11.7. The molecule has 4 nitrogen and oxygen atoms in total. The molecule has 0 aliphatic rings. The summed E-state index contributed by atoms with van der Waals surface area (Å²) in [7, 11) is 0. The number of thiazole rings is 1. The van der Waals surface area contributed by atoms with E-state index in [0.29, 0.717) is 11.6 Å². The number of hydrogen-bond donors (Lipinski definition) is 1. The Morgan fingerprint density at radius 1 is 0.925 bits per heavy atom. The summed E-state index contributed by atoms with van der Waals surface area (Å²) in [6.45, 7) is 5.86. The minimum atomic E-state index is -0.0846. The maximum Gasteiger partial charge on any atom is 0.228 e. The molecule has 1 aromatic heterocycles. The number of hydrogen-bond acceptors (Lipinski definition) is 3. The molecule has 0 fully saturated rings. The van der Waals surface area contributed by atoms with Crippen LogP contribution in [-0.4, -0.2) is 12.5 Å². The van der Waals surface area contributed by atoms with Gasteiger partial charge in [0.2, 0.25) is 11.4 Å². The lowest BCUT2D eigenvalue weighted by molar-refractivity contribution is -0.689. The molecule has 1 N–H and O–H groups in total. The average molecular weight is 650 g/mol. The standard InChI is InChI=1S/C33H45ClN2O2S.BrH/c1-3-4-5-6-7-8-9-10-11-12-13-14-20-38-31-19-18-29(32(34)23-31)22-33(37)35-30-17-15-16-28(21-30)24-36-26-39-25-27(36)2;/h15-19,21,23,25-26H,3-14,20,22,24H2,1-2H3;1H. The zero-order valence-corrected chi connectivity index (χ0v) is 27.4. The van der Waals surface area contributed by atoms with Crippen LogP contribution in [0.15, 0.2) is 53.4 Å². The van der Waals surface area contributed by atoms with Crippen LogP contribution in [0.5, 0.6) is 5.75 Å². The Hall–Kier alpha value is -1.89. The van der Waals surface area contributed by atoms with Crippen LogP contribution < -0.4 is 31.6 Å². The second-order valence-electron chi connectivity index (χ2n) is 10.5. The molecule has 2 aromatic carbocycles. The van der Waals surface area contributed by atoms with Crippen molar-refractivity contribution in [3.05, 3.63) is 75.2 Å². The number of ether oxygens (including phenoxy) is 1. The van der Waals surface area contributed by atoms with E-state index in [1.807, 2.05) is 36.4 Å². The Morgan fingerprint density at radius 3 is 2.23 bits per heavy atom. The fourth-order valence-corrected chi connectivity index (χ4v) is 5.75. The van der Waals surface area contributed by atoms with Crippen molar-refractivity contribution in [2.75, 3.05) is 11.9 Å². The molecule has 0 spiro atoms. The highest BCUT2D eigenvalue weighted by Crippen LogP contribution is 2.24. The van der Waals surface area contributed by atoms with Crippen LogP contribution in [0.25, 0.3) is 0 Å². The monoisotopic (exact) mass is 648 g/mol. The van der Waals surface area contributed by atoms with Crippen molar-refractivity contribution >= 4 is 34.5 Å². The summed E-state index contributed by atoms with van der Waals surface area (Å²) in [5.41, 5.74) is 6.07. The predicted octanol–water partition coefficient (Wildman–Crippen LogP) is 6.31. The molecule has 0 atom stereocenters. The van der Waals surface area contributed by atoms with Gasteiger partial charge in [-0.05, 0) is 36.2 Å². The largest absolute Gasteiger partial charge is 1.00 e. The van der Waals surface area contributed by atoms with Gasteiger partial charge in [-0.3, -0.25) is 4.79 Å². The molecule has 0 bridgehead atoms. The van der Waals surface area contributed by atoms with Gasteiger partial charge in [-0.15, -0.1) is 0 Å². The summed E-state index contributed by atoms with van der Waals surface area (Å²) in [5, 5.41) is 5.71. The van der Waals surface area contributed by atoms with Gasteiger partial charge >= 0.3 is 0 Å². The SMILES string of the molecule is CCCCCCCCCCCCCCOc1ccc(CC(=O)Nc2cccc(C[n+]3cscc3C)c2)c(Cl)c1.[Br-]. The Labute approximate surface area is 261 Å². The highest BCUT2D eigenvalue weighted by atomic mass is 79.9. The molecule has 0 radical (unpaired) electrons. The number of benzene rings is 2. The van der Waals surface area contributed by atoms with E-state index in [1.54, 1.807) is 11.3 Å². The molecule has 0 aliphatic heterocycles. The lowest BCUT2D eigenvalue weighted by Gasteiger charge is -2.10. The van der Waals surface area contributed by atoms with Gasteiger partial charge in [-0.2, -0.15) is 4.57 Å². The van der Waals surface area contributed by atoms with Crippen LogP contribution in [0.2, 0.25) is 5.02 Å². The minimum absolute atomic E-state index is 0. The van der Waals surface area contributed by atoms with Crippen molar-refractivity contribution in [2.24, 2.45) is 0 Å². The van der Waals surface area contributed by atoms with Crippen LogP contribution >= 0.6 is 22.9 Å². The Morgan fingerprint density at radius 2 is 1.60 bits per heavy atom. The van der Waals surface area contributed by atoms with Gasteiger partial charge in [0, 0.05) is 23.2 Å². The van der Waals surface area contributed by atoms with E-state index in [2.05, 4.69) is 40.7 Å². The molecule has 1 amide bonds. The third-order valence-corrected chi connectivity index (χ3v) is 8.29. The van der Waals surface area contributed by atoms with Crippen molar-refractivity contribution < 1.29 is 31.1 Å².